The van der Waals surface area contributed by atoms with Crippen LogP contribution in [0.2, 0.25) is 5.02 Å². The molecule has 0 bridgehead atoms. The second kappa shape index (κ2) is 6.25. The van der Waals surface area contributed by atoms with E-state index < -0.39 is 11.6 Å². The van der Waals surface area contributed by atoms with Gasteiger partial charge in [0.15, 0.2) is 5.78 Å². The lowest BCUT2D eigenvalue weighted by Crippen LogP contribution is -2.51. The molecule has 1 unspecified atom stereocenters. The van der Waals surface area contributed by atoms with Gasteiger partial charge in [0.25, 0.3) is 5.91 Å². The molecule has 0 saturated carbocycles. The largest absolute Gasteiger partial charge is 0.325 e. The number of amides is 3. The Labute approximate surface area is 155 Å². The number of ketones is 1. The Bertz CT molecular complexity index is 910. The second-order valence-corrected chi connectivity index (χ2v) is 7.22. The van der Waals surface area contributed by atoms with Crippen LogP contribution in [-0.2, 0) is 17.6 Å². The monoisotopic (exact) mass is 368 g/mol. The topological polar surface area (TPSA) is 66.5 Å². The molecule has 132 valence electrons. The minimum atomic E-state index is -0.939. The van der Waals surface area contributed by atoms with Crippen molar-refractivity contribution in [2.75, 3.05) is 6.54 Å². The second-order valence-electron chi connectivity index (χ2n) is 6.78. The van der Waals surface area contributed by atoms with Crippen molar-refractivity contribution in [1.29, 1.82) is 0 Å². The van der Waals surface area contributed by atoms with E-state index in [1.165, 1.54) is 5.56 Å². The van der Waals surface area contributed by atoms with E-state index in [2.05, 4.69) is 5.32 Å². The van der Waals surface area contributed by atoms with Gasteiger partial charge in [0, 0.05) is 17.0 Å². The van der Waals surface area contributed by atoms with Crippen LogP contribution in [0.4, 0.5) is 4.79 Å². The number of Topliss-reactive ketones (excluding diaryl/α,β-unsaturated/α-hetero) is 1. The Hall–Kier alpha value is -2.66. The van der Waals surface area contributed by atoms with Gasteiger partial charge in [0.1, 0.15) is 5.54 Å². The molecular formula is C20H17ClN2O3. The van der Waals surface area contributed by atoms with E-state index in [1.807, 2.05) is 24.3 Å². The number of rotatable bonds is 3. The number of aryl methyl sites for hydroxylation is 1. The van der Waals surface area contributed by atoms with Crippen LogP contribution in [0.3, 0.4) is 0 Å². The molecule has 0 radical (unpaired) electrons. The molecule has 0 aromatic heterocycles. The van der Waals surface area contributed by atoms with Gasteiger partial charge < -0.3 is 5.32 Å². The van der Waals surface area contributed by atoms with Gasteiger partial charge in [-0.25, -0.2) is 4.79 Å². The number of urea groups is 1. The Morgan fingerprint density at radius 3 is 2.50 bits per heavy atom. The van der Waals surface area contributed by atoms with Crippen LogP contribution in [0.1, 0.15) is 27.9 Å². The molecule has 3 amide bonds. The number of fused-ring (bicyclic) bond motifs is 1. The average Bonchev–Trinajstić information content (AvgIpc) is 2.86. The fraction of sp³-hybridized carbons (Fsp3) is 0.250. The zero-order valence-corrected chi connectivity index (χ0v) is 14.8. The molecule has 1 N–H and O–H groups in total. The molecule has 1 saturated heterocycles. The van der Waals surface area contributed by atoms with Gasteiger partial charge in [0.2, 0.25) is 0 Å². The first-order valence-electron chi connectivity index (χ1n) is 8.48. The number of nitrogens with one attached hydrogen (secondary N) is 1. The molecule has 5 nitrogen and oxygen atoms in total. The van der Waals surface area contributed by atoms with E-state index in [4.69, 9.17) is 11.6 Å². The minimum Gasteiger partial charge on any atom is -0.323 e. The van der Waals surface area contributed by atoms with Gasteiger partial charge in [0.05, 0.1) is 6.54 Å². The van der Waals surface area contributed by atoms with Crippen molar-refractivity contribution in [2.45, 2.75) is 24.8 Å². The van der Waals surface area contributed by atoms with Crippen LogP contribution in [0, 0.1) is 0 Å². The first kappa shape index (κ1) is 16.8. The number of carbonyl (C=O) groups is 3. The van der Waals surface area contributed by atoms with E-state index in [0.717, 1.165) is 16.9 Å². The minimum absolute atomic E-state index is 0.268. The molecule has 6 heteroatoms. The van der Waals surface area contributed by atoms with Gasteiger partial charge in [-0.05, 0) is 48.2 Å². The zero-order valence-electron chi connectivity index (χ0n) is 14.0. The third-order valence-electron chi connectivity index (χ3n) is 5.15. The lowest BCUT2D eigenvalue weighted by Gasteiger charge is -2.32. The number of nitrogens with zero attached hydrogens (tertiary/aromatic N) is 1. The summed E-state index contributed by atoms with van der Waals surface area (Å²) in [5.41, 5.74) is 1.75. The molecule has 1 spiro atoms. The maximum absolute atomic E-state index is 13.0. The van der Waals surface area contributed by atoms with E-state index in [1.54, 1.807) is 24.3 Å². The summed E-state index contributed by atoms with van der Waals surface area (Å²) in [7, 11) is 0. The Balaban J connectivity index is 1.55. The van der Waals surface area contributed by atoms with E-state index >= 15 is 0 Å². The van der Waals surface area contributed by atoms with Gasteiger partial charge in [-0.1, -0.05) is 35.9 Å². The van der Waals surface area contributed by atoms with Gasteiger partial charge >= 0.3 is 6.03 Å². The van der Waals surface area contributed by atoms with Crippen LogP contribution in [0.15, 0.2) is 48.5 Å². The highest BCUT2D eigenvalue weighted by Crippen LogP contribution is 2.33. The summed E-state index contributed by atoms with van der Waals surface area (Å²) in [6.45, 7) is -0.268. The van der Waals surface area contributed by atoms with Crippen LogP contribution < -0.4 is 5.32 Å². The third kappa shape index (κ3) is 2.78. The zero-order chi connectivity index (χ0) is 18.3. The molecule has 26 heavy (non-hydrogen) atoms. The fourth-order valence-electron chi connectivity index (χ4n) is 3.72. The smallest absolute Gasteiger partial charge is 0.323 e. The Morgan fingerprint density at radius 1 is 1.08 bits per heavy atom. The molecule has 1 aliphatic carbocycles. The van der Waals surface area contributed by atoms with Crippen LogP contribution in [-0.4, -0.2) is 34.7 Å². The molecular weight excluding hydrogens is 352 g/mol. The number of benzene rings is 2. The van der Waals surface area contributed by atoms with E-state index in [9.17, 15) is 14.4 Å². The molecule has 2 aromatic carbocycles. The van der Waals surface area contributed by atoms with Gasteiger partial charge in [-0.15, -0.1) is 0 Å². The standard InChI is InChI=1S/C20H17ClN2O3/c21-16-7-5-14(6-8-16)17(24)12-23-18(25)20(22-19(23)26)10-9-13-3-1-2-4-15(13)11-20/h1-8H,9-12H2,(H,22,26). The SMILES string of the molecule is O=C(CN1C(=O)NC2(CCc3ccccc3C2)C1=O)c1ccc(Cl)cc1. The molecule has 1 aliphatic heterocycles. The van der Waals surface area contributed by atoms with Crippen molar-refractivity contribution >= 4 is 29.3 Å². The average molecular weight is 369 g/mol. The fourth-order valence-corrected chi connectivity index (χ4v) is 3.84. The van der Waals surface area contributed by atoms with Gasteiger partial charge in [-0.3, -0.25) is 14.5 Å². The van der Waals surface area contributed by atoms with Crippen molar-refractivity contribution in [3.8, 4) is 0 Å². The molecule has 1 atom stereocenters. The first-order valence-corrected chi connectivity index (χ1v) is 8.86. The van der Waals surface area contributed by atoms with Crippen molar-refractivity contribution in [1.82, 2.24) is 10.2 Å². The van der Waals surface area contributed by atoms with Crippen LogP contribution in [0.5, 0.6) is 0 Å². The highest BCUT2D eigenvalue weighted by molar-refractivity contribution is 6.30. The maximum atomic E-state index is 13.0. The summed E-state index contributed by atoms with van der Waals surface area (Å²) in [5.74, 6) is -0.613. The number of halogens is 1. The van der Waals surface area contributed by atoms with Crippen molar-refractivity contribution < 1.29 is 14.4 Å². The molecule has 1 fully saturated rings. The van der Waals surface area contributed by atoms with Crippen LogP contribution in [0.25, 0.3) is 0 Å². The lowest BCUT2D eigenvalue weighted by molar-refractivity contribution is -0.131. The summed E-state index contributed by atoms with van der Waals surface area (Å²) < 4.78 is 0. The highest BCUT2D eigenvalue weighted by atomic mass is 35.5. The molecule has 2 aliphatic rings. The van der Waals surface area contributed by atoms with Crippen LogP contribution >= 0.6 is 11.6 Å². The molecule has 1 heterocycles. The molecule has 4 rings (SSSR count). The predicted octanol–water partition coefficient (Wildman–Crippen LogP) is 3.00. The number of imide groups is 1. The van der Waals surface area contributed by atoms with Crippen molar-refractivity contribution in [3.63, 3.8) is 0 Å². The number of hydrogen-bond donors (Lipinski definition) is 1. The van der Waals surface area contributed by atoms with Crippen molar-refractivity contribution in [3.05, 3.63) is 70.2 Å². The summed E-state index contributed by atoms with van der Waals surface area (Å²) in [4.78, 5) is 38.9. The Morgan fingerprint density at radius 2 is 1.77 bits per heavy atom. The normalized spacial score (nSPS) is 21.7. The Kier molecular flexibility index (Phi) is 4.04. The van der Waals surface area contributed by atoms with E-state index in [-0.39, 0.29) is 18.2 Å². The predicted molar refractivity (Wildman–Crippen MR) is 97.2 cm³/mol. The summed E-state index contributed by atoms with van der Waals surface area (Å²) in [6.07, 6.45) is 1.72. The number of carbonyl (C=O) groups excluding carboxylic acids is 3. The molecule has 2 aromatic rings. The first-order chi connectivity index (χ1) is 12.5. The summed E-state index contributed by atoms with van der Waals surface area (Å²) in [5, 5.41) is 3.36. The number of hydrogen-bond acceptors (Lipinski definition) is 3. The summed E-state index contributed by atoms with van der Waals surface area (Å²) in [6, 6.07) is 13.8. The van der Waals surface area contributed by atoms with E-state index in [0.29, 0.717) is 23.4 Å². The van der Waals surface area contributed by atoms with Crippen molar-refractivity contribution in [2.24, 2.45) is 0 Å². The highest BCUT2D eigenvalue weighted by Gasteiger charge is 2.52. The third-order valence-corrected chi connectivity index (χ3v) is 5.40. The maximum Gasteiger partial charge on any atom is 0.325 e. The lowest BCUT2D eigenvalue weighted by atomic mass is 9.78. The van der Waals surface area contributed by atoms with Gasteiger partial charge in [-0.2, -0.15) is 0 Å². The summed E-state index contributed by atoms with van der Waals surface area (Å²) >= 11 is 5.83. The quantitative estimate of drug-likeness (QED) is 0.669.